The van der Waals surface area contributed by atoms with Crippen molar-refractivity contribution < 1.29 is 37.2 Å². The molecule has 0 bridgehead atoms. The zero-order chi connectivity index (χ0) is 15.7. The van der Waals surface area contributed by atoms with Gasteiger partial charge in [-0.3, -0.25) is 14.4 Å². The molecule has 1 saturated heterocycles. The minimum atomic E-state index is -5.15. The molecule has 0 spiro atoms. The second-order valence-electron chi connectivity index (χ2n) is 4.23. The summed E-state index contributed by atoms with van der Waals surface area (Å²) in [6.07, 6.45) is -5.31. The Bertz CT molecular complexity index is 462. The number of rotatable bonds is 3. The minimum absolute atomic E-state index is 0.157. The van der Waals surface area contributed by atoms with Crippen LogP contribution < -0.4 is 5.32 Å². The van der Waals surface area contributed by atoms with E-state index in [4.69, 9.17) is 0 Å². The van der Waals surface area contributed by atoms with Crippen LogP contribution in [0.4, 0.5) is 13.2 Å². The van der Waals surface area contributed by atoms with Crippen LogP contribution in [0.3, 0.4) is 0 Å². The number of amides is 3. The SMILES string of the molecule is CC1CC(=O)N(OC(=O)C(C)NC(=O)C(F)(F)F)C1=O. The van der Waals surface area contributed by atoms with E-state index in [9.17, 15) is 32.3 Å². The first kappa shape index (κ1) is 15.9. The molecule has 112 valence electrons. The maximum absolute atomic E-state index is 12.0. The number of carbonyl (C=O) groups is 4. The van der Waals surface area contributed by atoms with E-state index in [-0.39, 0.29) is 11.5 Å². The fourth-order valence-corrected chi connectivity index (χ4v) is 1.36. The van der Waals surface area contributed by atoms with Gasteiger partial charge in [-0.15, -0.1) is 5.06 Å². The summed E-state index contributed by atoms with van der Waals surface area (Å²) in [5, 5.41) is 1.54. The van der Waals surface area contributed by atoms with Crippen LogP contribution >= 0.6 is 0 Å². The molecule has 0 aromatic heterocycles. The van der Waals surface area contributed by atoms with E-state index in [2.05, 4.69) is 4.84 Å². The maximum Gasteiger partial charge on any atom is 0.471 e. The van der Waals surface area contributed by atoms with Crippen LogP contribution in [0, 0.1) is 5.92 Å². The fourth-order valence-electron chi connectivity index (χ4n) is 1.36. The number of halogens is 3. The lowest BCUT2D eigenvalue weighted by molar-refractivity contribution is -0.200. The smallest absolute Gasteiger partial charge is 0.335 e. The molecule has 20 heavy (non-hydrogen) atoms. The van der Waals surface area contributed by atoms with Crippen molar-refractivity contribution in [1.29, 1.82) is 0 Å². The van der Waals surface area contributed by atoms with Crippen molar-refractivity contribution in [2.75, 3.05) is 0 Å². The normalized spacial score (nSPS) is 20.9. The summed E-state index contributed by atoms with van der Waals surface area (Å²) in [7, 11) is 0. The first-order valence-corrected chi connectivity index (χ1v) is 5.50. The summed E-state index contributed by atoms with van der Waals surface area (Å²) < 4.78 is 35.9. The van der Waals surface area contributed by atoms with E-state index in [0.29, 0.717) is 0 Å². The van der Waals surface area contributed by atoms with Crippen molar-refractivity contribution >= 4 is 23.7 Å². The Kier molecular flexibility index (Phi) is 4.36. The number of hydroxylamine groups is 2. The molecule has 3 amide bonds. The van der Waals surface area contributed by atoms with Crippen molar-refractivity contribution in [2.24, 2.45) is 5.92 Å². The lowest BCUT2D eigenvalue weighted by Gasteiger charge is -2.17. The lowest BCUT2D eigenvalue weighted by atomic mass is 10.1. The van der Waals surface area contributed by atoms with E-state index in [1.165, 1.54) is 12.2 Å². The monoisotopic (exact) mass is 296 g/mol. The standard InChI is InChI=1S/C10H11F3N2O5/c1-4-3-6(16)15(7(4)17)20-8(18)5(2)14-9(19)10(11,12)13/h4-5H,3H2,1-2H3,(H,14,19). The zero-order valence-corrected chi connectivity index (χ0v) is 10.5. The molecule has 0 aromatic rings. The number of nitrogens with zero attached hydrogens (tertiary/aromatic N) is 1. The number of carbonyl (C=O) groups excluding carboxylic acids is 4. The van der Waals surface area contributed by atoms with Crippen molar-refractivity contribution in [2.45, 2.75) is 32.5 Å². The minimum Gasteiger partial charge on any atom is -0.335 e. The number of alkyl halides is 3. The lowest BCUT2D eigenvalue weighted by Crippen LogP contribution is -2.48. The van der Waals surface area contributed by atoms with E-state index in [0.717, 1.165) is 6.92 Å². The summed E-state index contributed by atoms with van der Waals surface area (Å²) >= 11 is 0. The predicted octanol–water partition coefficient (Wildman–Crippen LogP) is -0.0934. The van der Waals surface area contributed by atoms with Gasteiger partial charge in [0.15, 0.2) is 0 Å². The largest absolute Gasteiger partial charge is 0.471 e. The van der Waals surface area contributed by atoms with Crippen LogP contribution in [0.2, 0.25) is 0 Å². The second-order valence-corrected chi connectivity index (χ2v) is 4.23. The highest BCUT2D eigenvalue weighted by molar-refractivity contribution is 6.03. The number of hydrogen-bond donors (Lipinski definition) is 1. The van der Waals surface area contributed by atoms with Crippen molar-refractivity contribution in [3.8, 4) is 0 Å². The first-order chi connectivity index (χ1) is 9.04. The van der Waals surface area contributed by atoms with Crippen LogP contribution in [0.25, 0.3) is 0 Å². The Hall–Kier alpha value is -2.13. The summed E-state index contributed by atoms with van der Waals surface area (Å²) in [5.41, 5.74) is 0. The van der Waals surface area contributed by atoms with Gasteiger partial charge in [0.1, 0.15) is 6.04 Å². The molecule has 1 N–H and O–H groups in total. The van der Waals surface area contributed by atoms with Gasteiger partial charge in [-0.25, -0.2) is 4.79 Å². The van der Waals surface area contributed by atoms with Crippen molar-refractivity contribution in [1.82, 2.24) is 10.4 Å². The summed E-state index contributed by atoms with van der Waals surface area (Å²) in [4.78, 5) is 49.1. The number of imide groups is 1. The molecule has 0 aliphatic carbocycles. The van der Waals surface area contributed by atoms with Gasteiger partial charge >= 0.3 is 18.1 Å². The number of hydrogen-bond acceptors (Lipinski definition) is 5. The molecule has 1 fully saturated rings. The number of nitrogens with one attached hydrogen (secondary N) is 1. The van der Waals surface area contributed by atoms with E-state index < -0.39 is 41.8 Å². The Morgan fingerprint density at radius 1 is 1.40 bits per heavy atom. The third-order valence-electron chi connectivity index (χ3n) is 2.47. The second kappa shape index (κ2) is 5.47. The molecular weight excluding hydrogens is 285 g/mol. The average molecular weight is 296 g/mol. The molecule has 0 radical (unpaired) electrons. The van der Waals surface area contributed by atoms with Gasteiger partial charge in [-0.1, -0.05) is 6.92 Å². The van der Waals surface area contributed by atoms with Gasteiger partial charge < -0.3 is 10.2 Å². The average Bonchev–Trinajstić information content (AvgIpc) is 2.54. The van der Waals surface area contributed by atoms with E-state index in [1.54, 1.807) is 0 Å². The third-order valence-corrected chi connectivity index (χ3v) is 2.47. The van der Waals surface area contributed by atoms with Crippen LogP contribution in [-0.4, -0.2) is 41.0 Å². The molecule has 1 aliphatic rings. The van der Waals surface area contributed by atoms with Crippen LogP contribution in [0.15, 0.2) is 0 Å². The topological polar surface area (TPSA) is 92.8 Å². The Labute approximate surface area is 111 Å². The Morgan fingerprint density at radius 3 is 2.35 bits per heavy atom. The van der Waals surface area contributed by atoms with E-state index in [1.807, 2.05) is 0 Å². The third kappa shape index (κ3) is 3.45. The highest BCUT2D eigenvalue weighted by atomic mass is 19.4. The quantitative estimate of drug-likeness (QED) is 0.735. The zero-order valence-electron chi connectivity index (χ0n) is 10.5. The van der Waals surface area contributed by atoms with Crippen molar-refractivity contribution in [3.05, 3.63) is 0 Å². The van der Waals surface area contributed by atoms with Gasteiger partial charge in [0.05, 0.1) is 0 Å². The summed E-state index contributed by atoms with van der Waals surface area (Å²) in [5.74, 6) is -5.88. The van der Waals surface area contributed by atoms with Crippen LogP contribution in [0.1, 0.15) is 20.3 Å². The molecule has 2 atom stereocenters. The van der Waals surface area contributed by atoms with Crippen LogP contribution in [-0.2, 0) is 24.0 Å². The molecule has 1 rings (SSSR count). The van der Waals surface area contributed by atoms with Crippen LogP contribution in [0.5, 0.6) is 0 Å². The molecule has 10 heteroatoms. The predicted molar refractivity (Wildman–Crippen MR) is 55.4 cm³/mol. The Balaban J connectivity index is 2.61. The van der Waals surface area contributed by atoms with Gasteiger partial charge in [-0.2, -0.15) is 13.2 Å². The maximum atomic E-state index is 12.0. The molecular formula is C10H11F3N2O5. The summed E-state index contributed by atoms with van der Waals surface area (Å²) in [6, 6.07) is -1.67. The molecule has 0 aromatic carbocycles. The van der Waals surface area contributed by atoms with Crippen molar-refractivity contribution in [3.63, 3.8) is 0 Å². The molecule has 7 nitrogen and oxygen atoms in total. The first-order valence-electron chi connectivity index (χ1n) is 5.50. The highest BCUT2D eigenvalue weighted by Crippen LogP contribution is 2.19. The fraction of sp³-hybridized carbons (Fsp3) is 0.600. The molecule has 2 unspecified atom stereocenters. The molecule has 1 aliphatic heterocycles. The highest BCUT2D eigenvalue weighted by Gasteiger charge is 2.42. The molecule has 1 heterocycles. The van der Waals surface area contributed by atoms with Gasteiger partial charge in [0.25, 0.3) is 11.8 Å². The van der Waals surface area contributed by atoms with E-state index >= 15 is 0 Å². The van der Waals surface area contributed by atoms with Gasteiger partial charge in [-0.05, 0) is 6.92 Å². The van der Waals surface area contributed by atoms with Gasteiger partial charge in [0.2, 0.25) is 0 Å². The Morgan fingerprint density at radius 2 is 1.95 bits per heavy atom. The molecule has 0 saturated carbocycles. The summed E-state index contributed by atoms with van der Waals surface area (Å²) in [6.45, 7) is 2.36. The van der Waals surface area contributed by atoms with Gasteiger partial charge in [0, 0.05) is 12.3 Å².